The normalized spacial score (nSPS) is 10.6. The predicted octanol–water partition coefficient (Wildman–Crippen LogP) is 2.43. The minimum Gasteiger partial charge on any atom is -0.373 e. The van der Waals surface area contributed by atoms with Crippen molar-refractivity contribution in [1.82, 2.24) is 15.2 Å². The van der Waals surface area contributed by atoms with Gasteiger partial charge >= 0.3 is 0 Å². The van der Waals surface area contributed by atoms with E-state index in [9.17, 15) is 4.79 Å². The molecule has 20 heavy (non-hydrogen) atoms. The average molecular weight is 291 g/mol. The van der Waals surface area contributed by atoms with Gasteiger partial charge in [-0.1, -0.05) is 31.3 Å². The highest BCUT2D eigenvalue weighted by molar-refractivity contribution is 7.15. The zero-order valence-corrected chi connectivity index (χ0v) is 12.5. The van der Waals surface area contributed by atoms with Crippen molar-refractivity contribution in [2.75, 3.05) is 17.7 Å². The Labute approximate surface area is 121 Å². The third-order valence-corrected chi connectivity index (χ3v) is 3.37. The first kappa shape index (κ1) is 14.4. The molecule has 0 aliphatic heterocycles. The number of hydrogen-bond acceptors (Lipinski definition) is 6. The van der Waals surface area contributed by atoms with Crippen LogP contribution in [0.3, 0.4) is 0 Å². The minimum absolute atomic E-state index is 0.283. The van der Waals surface area contributed by atoms with Crippen LogP contribution < -0.4 is 10.6 Å². The summed E-state index contributed by atoms with van der Waals surface area (Å²) in [5.41, 5.74) is 0.345. The summed E-state index contributed by atoms with van der Waals surface area (Å²) < 4.78 is 0. The topological polar surface area (TPSA) is 79.8 Å². The molecule has 2 aromatic heterocycles. The van der Waals surface area contributed by atoms with Crippen LogP contribution in [0, 0.1) is 5.92 Å². The van der Waals surface area contributed by atoms with Gasteiger partial charge in [0.05, 0.1) is 0 Å². The molecule has 0 unspecified atom stereocenters. The van der Waals surface area contributed by atoms with Crippen LogP contribution in [0.4, 0.5) is 10.9 Å². The standard InChI is InChI=1S/C13H17N5OS/c1-8(2)7-11-17-18-13(20-11)16-12(19)9-5-4-6-10(14-3)15-9/h4-6,8H,7H2,1-3H3,(H,14,15)(H,16,18,19). The van der Waals surface area contributed by atoms with Crippen LogP contribution in [0.1, 0.15) is 29.3 Å². The molecule has 2 N–H and O–H groups in total. The van der Waals surface area contributed by atoms with E-state index < -0.39 is 0 Å². The largest absolute Gasteiger partial charge is 0.373 e. The lowest BCUT2D eigenvalue weighted by atomic mass is 10.1. The molecule has 6 nitrogen and oxygen atoms in total. The molecule has 2 aromatic rings. The molecule has 2 heterocycles. The van der Waals surface area contributed by atoms with Crippen LogP contribution in [0.25, 0.3) is 0 Å². The third-order valence-electron chi connectivity index (χ3n) is 2.51. The lowest BCUT2D eigenvalue weighted by molar-refractivity contribution is 0.102. The van der Waals surface area contributed by atoms with Gasteiger partial charge in [-0.2, -0.15) is 0 Å². The van der Waals surface area contributed by atoms with Crippen LogP contribution in [-0.2, 0) is 6.42 Å². The van der Waals surface area contributed by atoms with E-state index in [1.807, 2.05) is 0 Å². The number of carbonyl (C=O) groups is 1. The fourth-order valence-corrected chi connectivity index (χ4v) is 2.54. The van der Waals surface area contributed by atoms with Crippen LogP contribution in [0.5, 0.6) is 0 Å². The van der Waals surface area contributed by atoms with Crippen molar-refractivity contribution in [2.45, 2.75) is 20.3 Å². The Morgan fingerprint density at radius 2 is 2.15 bits per heavy atom. The van der Waals surface area contributed by atoms with Crippen molar-refractivity contribution >= 4 is 28.2 Å². The fraction of sp³-hybridized carbons (Fsp3) is 0.385. The second-order valence-electron chi connectivity index (χ2n) is 4.71. The van der Waals surface area contributed by atoms with Crippen molar-refractivity contribution in [1.29, 1.82) is 0 Å². The van der Waals surface area contributed by atoms with Crippen LogP contribution in [0.2, 0.25) is 0 Å². The van der Waals surface area contributed by atoms with E-state index in [2.05, 4.69) is 39.7 Å². The summed E-state index contributed by atoms with van der Waals surface area (Å²) in [6.07, 6.45) is 0.862. The zero-order chi connectivity index (χ0) is 14.5. The van der Waals surface area contributed by atoms with Gasteiger partial charge < -0.3 is 5.32 Å². The Morgan fingerprint density at radius 1 is 1.35 bits per heavy atom. The van der Waals surface area contributed by atoms with Gasteiger partial charge in [-0.15, -0.1) is 10.2 Å². The second-order valence-corrected chi connectivity index (χ2v) is 5.77. The van der Waals surface area contributed by atoms with Crippen molar-refractivity contribution in [3.05, 3.63) is 28.9 Å². The summed E-state index contributed by atoms with van der Waals surface area (Å²) in [5, 5.41) is 15.1. The summed E-state index contributed by atoms with van der Waals surface area (Å²) in [6.45, 7) is 4.24. The van der Waals surface area contributed by atoms with Crippen LogP contribution in [0.15, 0.2) is 18.2 Å². The molecule has 0 spiro atoms. The number of nitrogens with one attached hydrogen (secondary N) is 2. The number of nitrogens with zero attached hydrogens (tertiary/aromatic N) is 3. The molecule has 106 valence electrons. The lowest BCUT2D eigenvalue weighted by Gasteiger charge is -2.03. The molecule has 0 aromatic carbocycles. The van der Waals surface area contributed by atoms with Gasteiger partial charge in [-0.3, -0.25) is 10.1 Å². The van der Waals surface area contributed by atoms with Crippen molar-refractivity contribution < 1.29 is 4.79 Å². The number of amides is 1. The van der Waals surface area contributed by atoms with Gasteiger partial charge in [0.2, 0.25) is 5.13 Å². The highest BCUT2D eigenvalue weighted by Crippen LogP contribution is 2.18. The Bertz CT molecular complexity index is 596. The van der Waals surface area contributed by atoms with Gasteiger partial charge in [0.1, 0.15) is 16.5 Å². The molecular formula is C13H17N5OS. The molecule has 0 saturated heterocycles. The Hall–Kier alpha value is -2.02. The molecule has 0 bridgehead atoms. The summed E-state index contributed by atoms with van der Waals surface area (Å²) in [6, 6.07) is 5.23. The summed E-state index contributed by atoms with van der Waals surface area (Å²) >= 11 is 1.40. The quantitative estimate of drug-likeness (QED) is 0.884. The van der Waals surface area contributed by atoms with E-state index in [4.69, 9.17) is 0 Å². The second kappa shape index (κ2) is 6.42. The van der Waals surface area contributed by atoms with E-state index in [1.165, 1.54) is 11.3 Å². The van der Waals surface area contributed by atoms with Gasteiger partial charge in [0.15, 0.2) is 0 Å². The summed E-state index contributed by atoms with van der Waals surface area (Å²) in [4.78, 5) is 16.2. The number of pyridine rings is 1. The molecule has 1 amide bonds. The molecule has 0 saturated carbocycles. The molecule has 0 radical (unpaired) electrons. The molecular weight excluding hydrogens is 274 g/mol. The van der Waals surface area contributed by atoms with E-state index in [-0.39, 0.29) is 5.91 Å². The Balaban J connectivity index is 2.05. The summed E-state index contributed by atoms with van der Waals surface area (Å²) in [5.74, 6) is 0.880. The molecule has 0 atom stereocenters. The predicted molar refractivity (Wildman–Crippen MR) is 80.2 cm³/mol. The highest BCUT2D eigenvalue weighted by Gasteiger charge is 2.12. The molecule has 2 rings (SSSR count). The SMILES string of the molecule is CNc1cccc(C(=O)Nc2nnc(CC(C)C)s2)n1. The van der Waals surface area contributed by atoms with Gasteiger partial charge in [-0.05, 0) is 18.1 Å². The lowest BCUT2D eigenvalue weighted by Crippen LogP contribution is -2.14. The zero-order valence-electron chi connectivity index (χ0n) is 11.7. The molecule has 0 aliphatic rings. The number of rotatable bonds is 5. The Kier molecular flexibility index (Phi) is 4.62. The number of aromatic nitrogens is 3. The Morgan fingerprint density at radius 3 is 2.85 bits per heavy atom. The monoisotopic (exact) mass is 291 g/mol. The van der Waals surface area contributed by atoms with Crippen LogP contribution >= 0.6 is 11.3 Å². The van der Waals surface area contributed by atoms with E-state index in [0.717, 1.165) is 11.4 Å². The molecule has 0 fully saturated rings. The smallest absolute Gasteiger partial charge is 0.276 e. The molecule has 7 heteroatoms. The maximum Gasteiger partial charge on any atom is 0.276 e. The van der Waals surface area contributed by atoms with Gasteiger partial charge in [0, 0.05) is 13.5 Å². The van der Waals surface area contributed by atoms with Gasteiger partial charge in [0.25, 0.3) is 5.91 Å². The minimum atomic E-state index is -0.283. The number of hydrogen-bond donors (Lipinski definition) is 2. The van der Waals surface area contributed by atoms with Crippen molar-refractivity contribution in [2.24, 2.45) is 5.92 Å². The number of anilines is 2. The summed E-state index contributed by atoms with van der Waals surface area (Å²) in [7, 11) is 1.76. The molecule has 0 aliphatic carbocycles. The average Bonchev–Trinajstić information content (AvgIpc) is 2.85. The van der Waals surface area contributed by atoms with Crippen LogP contribution in [-0.4, -0.2) is 28.1 Å². The fourth-order valence-electron chi connectivity index (χ4n) is 1.60. The first-order valence-electron chi connectivity index (χ1n) is 6.37. The van der Waals surface area contributed by atoms with E-state index in [1.54, 1.807) is 25.2 Å². The first-order valence-corrected chi connectivity index (χ1v) is 7.18. The maximum absolute atomic E-state index is 12.1. The third kappa shape index (κ3) is 3.74. The van der Waals surface area contributed by atoms with E-state index >= 15 is 0 Å². The van der Waals surface area contributed by atoms with Crippen molar-refractivity contribution in [3.8, 4) is 0 Å². The highest BCUT2D eigenvalue weighted by atomic mass is 32.1. The maximum atomic E-state index is 12.1. The van der Waals surface area contributed by atoms with Gasteiger partial charge in [-0.25, -0.2) is 4.98 Å². The van der Waals surface area contributed by atoms with E-state index in [0.29, 0.717) is 22.6 Å². The first-order chi connectivity index (χ1) is 9.58. The number of carbonyl (C=O) groups excluding carboxylic acids is 1. The van der Waals surface area contributed by atoms with Crippen molar-refractivity contribution in [3.63, 3.8) is 0 Å².